The van der Waals surface area contributed by atoms with E-state index in [1.54, 1.807) is 12.1 Å². The molecule has 1 fully saturated rings. The van der Waals surface area contributed by atoms with Crippen molar-refractivity contribution >= 4 is 0 Å². The second-order valence-corrected chi connectivity index (χ2v) is 4.34. The first-order chi connectivity index (χ1) is 7.66. The first-order valence-corrected chi connectivity index (χ1v) is 5.63. The molecule has 0 aliphatic carbocycles. The summed E-state index contributed by atoms with van der Waals surface area (Å²) in [6.45, 7) is 0.717. The van der Waals surface area contributed by atoms with Crippen LogP contribution in [0.1, 0.15) is 24.8 Å². The molecule has 0 amide bonds. The molecular weight excluding hydrogens is 206 g/mol. The zero-order chi connectivity index (χ0) is 11.5. The Kier molecular flexibility index (Phi) is 3.31. The summed E-state index contributed by atoms with van der Waals surface area (Å²) in [6, 6.07) is 4.93. The van der Waals surface area contributed by atoms with Crippen molar-refractivity contribution in [2.75, 3.05) is 6.54 Å². The van der Waals surface area contributed by atoms with Gasteiger partial charge in [-0.2, -0.15) is 5.06 Å². The molecule has 1 atom stereocenters. The van der Waals surface area contributed by atoms with E-state index in [2.05, 4.69) is 0 Å². The molecule has 0 spiro atoms. The van der Waals surface area contributed by atoms with Crippen LogP contribution < -0.4 is 0 Å². The lowest BCUT2D eigenvalue weighted by Gasteiger charge is -2.30. The average Bonchev–Trinajstić information content (AvgIpc) is 2.27. The Balaban J connectivity index is 2.05. The molecule has 1 aromatic carbocycles. The van der Waals surface area contributed by atoms with Crippen LogP contribution >= 0.6 is 0 Å². The monoisotopic (exact) mass is 223 g/mol. The number of aromatic hydroxyl groups is 2. The first-order valence-electron chi connectivity index (χ1n) is 5.63. The Morgan fingerprint density at radius 2 is 2.00 bits per heavy atom. The fourth-order valence-corrected chi connectivity index (χ4v) is 2.16. The maximum Gasteiger partial charge on any atom is 0.157 e. The lowest BCUT2D eigenvalue weighted by molar-refractivity contribution is -0.141. The van der Waals surface area contributed by atoms with Crippen LogP contribution in [0.3, 0.4) is 0 Å². The molecule has 1 unspecified atom stereocenters. The van der Waals surface area contributed by atoms with Crippen molar-refractivity contribution in [3.8, 4) is 11.5 Å². The van der Waals surface area contributed by atoms with Crippen molar-refractivity contribution in [1.82, 2.24) is 5.06 Å². The zero-order valence-corrected chi connectivity index (χ0v) is 9.13. The van der Waals surface area contributed by atoms with Crippen molar-refractivity contribution in [3.05, 3.63) is 23.8 Å². The minimum Gasteiger partial charge on any atom is -0.504 e. The predicted molar refractivity (Wildman–Crippen MR) is 59.6 cm³/mol. The van der Waals surface area contributed by atoms with E-state index in [4.69, 9.17) is 0 Å². The van der Waals surface area contributed by atoms with Crippen molar-refractivity contribution in [3.63, 3.8) is 0 Å². The van der Waals surface area contributed by atoms with E-state index >= 15 is 0 Å². The van der Waals surface area contributed by atoms with Crippen LogP contribution in [0.5, 0.6) is 11.5 Å². The van der Waals surface area contributed by atoms with Gasteiger partial charge in [0.1, 0.15) is 0 Å². The smallest absolute Gasteiger partial charge is 0.157 e. The topological polar surface area (TPSA) is 63.9 Å². The van der Waals surface area contributed by atoms with Crippen LogP contribution in [0.25, 0.3) is 0 Å². The summed E-state index contributed by atoms with van der Waals surface area (Å²) in [4.78, 5) is 0. The molecule has 16 heavy (non-hydrogen) atoms. The summed E-state index contributed by atoms with van der Waals surface area (Å²) >= 11 is 0. The minimum absolute atomic E-state index is 0.0993. The molecule has 4 heteroatoms. The van der Waals surface area contributed by atoms with Crippen LogP contribution in [0.15, 0.2) is 18.2 Å². The van der Waals surface area contributed by atoms with Gasteiger partial charge >= 0.3 is 0 Å². The SMILES string of the molecule is Oc1ccc(CC2CCCCN2O)cc1O. The van der Waals surface area contributed by atoms with Crippen molar-refractivity contribution in [2.24, 2.45) is 0 Å². The Morgan fingerprint density at radius 3 is 2.69 bits per heavy atom. The predicted octanol–water partition coefficient (Wildman–Crippen LogP) is 1.88. The summed E-state index contributed by atoms with van der Waals surface area (Å²) in [7, 11) is 0. The lowest BCUT2D eigenvalue weighted by Crippen LogP contribution is -2.38. The molecule has 1 aliphatic heterocycles. The second-order valence-electron chi connectivity index (χ2n) is 4.34. The third-order valence-corrected chi connectivity index (χ3v) is 3.11. The molecule has 0 saturated carbocycles. The Morgan fingerprint density at radius 1 is 1.19 bits per heavy atom. The molecule has 2 rings (SSSR count). The van der Waals surface area contributed by atoms with E-state index in [1.165, 1.54) is 11.1 Å². The molecule has 88 valence electrons. The van der Waals surface area contributed by atoms with Gasteiger partial charge in [-0.1, -0.05) is 12.5 Å². The van der Waals surface area contributed by atoms with Gasteiger partial charge in [0.15, 0.2) is 11.5 Å². The minimum atomic E-state index is -0.103. The number of hydroxylamine groups is 2. The van der Waals surface area contributed by atoms with Gasteiger partial charge in [-0.3, -0.25) is 0 Å². The molecule has 0 bridgehead atoms. The van der Waals surface area contributed by atoms with E-state index in [9.17, 15) is 15.4 Å². The molecule has 1 heterocycles. The highest BCUT2D eigenvalue weighted by Crippen LogP contribution is 2.27. The van der Waals surface area contributed by atoms with Crippen LogP contribution in [0.4, 0.5) is 0 Å². The summed E-state index contributed by atoms with van der Waals surface area (Å²) in [5.74, 6) is -0.203. The zero-order valence-electron chi connectivity index (χ0n) is 9.13. The van der Waals surface area contributed by atoms with Gasteiger partial charge in [-0.15, -0.1) is 0 Å². The normalized spacial score (nSPS) is 22.2. The van der Waals surface area contributed by atoms with Crippen LogP contribution in [-0.2, 0) is 6.42 Å². The maximum absolute atomic E-state index is 9.68. The highest BCUT2D eigenvalue weighted by Gasteiger charge is 2.21. The fraction of sp³-hybridized carbons (Fsp3) is 0.500. The third kappa shape index (κ3) is 2.46. The van der Waals surface area contributed by atoms with Crippen molar-refractivity contribution in [1.29, 1.82) is 0 Å². The number of phenols is 2. The maximum atomic E-state index is 9.68. The number of piperidine rings is 1. The molecule has 0 aromatic heterocycles. The Hall–Kier alpha value is -1.26. The number of hydrogen-bond acceptors (Lipinski definition) is 4. The molecule has 1 saturated heterocycles. The van der Waals surface area contributed by atoms with E-state index in [1.807, 2.05) is 0 Å². The average molecular weight is 223 g/mol. The molecule has 4 nitrogen and oxygen atoms in total. The van der Waals surface area contributed by atoms with E-state index in [0.717, 1.165) is 24.8 Å². The Bertz CT molecular complexity index is 367. The summed E-state index contributed by atoms with van der Waals surface area (Å²) < 4.78 is 0. The largest absolute Gasteiger partial charge is 0.504 e. The van der Waals surface area contributed by atoms with Gasteiger partial charge in [0.2, 0.25) is 0 Å². The highest BCUT2D eigenvalue weighted by molar-refractivity contribution is 5.40. The molecule has 1 aliphatic rings. The van der Waals surface area contributed by atoms with Gasteiger partial charge in [0.25, 0.3) is 0 Å². The third-order valence-electron chi connectivity index (χ3n) is 3.11. The van der Waals surface area contributed by atoms with E-state index in [0.29, 0.717) is 13.0 Å². The number of benzene rings is 1. The number of nitrogens with zero attached hydrogens (tertiary/aromatic N) is 1. The second kappa shape index (κ2) is 4.72. The molecule has 1 aromatic rings. The number of rotatable bonds is 2. The van der Waals surface area contributed by atoms with Crippen LogP contribution in [0.2, 0.25) is 0 Å². The summed E-state index contributed by atoms with van der Waals surface area (Å²) in [5.41, 5.74) is 0.932. The van der Waals surface area contributed by atoms with Crippen LogP contribution in [0, 0.1) is 0 Å². The highest BCUT2D eigenvalue weighted by atomic mass is 16.5. The van der Waals surface area contributed by atoms with E-state index in [-0.39, 0.29) is 17.5 Å². The first kappa shape index (κ1) is 11.2. The van der Waals surface area contributed by atoms with Crippen molar-refractivity contribution in [2.45, 2.75) is 31.7 Å². The van der Waals surface area contributed by atoms with Crippen LogP contribution in [-0.4, -0.2) is 33.1 Å². The van der Waals surface area contributed by atoms with Gasteiger partial charge < -0.3 is 15.4 Å². The molecule has 3 N–H and O–H groups in total. The quantitative estimate of drug-likeness (QED) is 0.670. The number of hydrogen-bond donors (Lipinski definition) is 3. The lowest BCUT2D eigenvalue weighted by atomic mass is 9.97. The van der Waals surface area contributed by atoms with Crippen molar-refractivity contribution < 1.29 is 15.4 Å². The number of phenolic OH excluding ortho intramolecular Hbond substituents is 2. The van der Waals surface area contributed by atoms with Gasteiger partial charge in [-0.25, -0.2) is 0 Å². The van der Waals surface area contributed by atoms with Gasteiger partial charge in [0, 0.05) is 12.6 Å². The fourth-order valence-electron chi connectivity index (χ4n) is 2.16. The molecule has 0 radical (unpaired) electrons. The molecular formula is C12H17NO3. The summed E-state index contributed by atoms with van der Waals surface area (Å²) in [6.07, 6.45) is 3.84. The standard InChI is InChI=1S/C12H17NO3/c14-11-5-4-9(8-12(11)15)7-10-3-1-2-6-13(10)16/h4-5,8,10,14-16H,1-3,6-7H2. The van der Waals surface area contributed by atoms with Gasteiger partial charge in [-0.05, 0) is 37.0 Å². The Labute approximate surface area is 94.7 Å². The van der Waals surface area contributed by atoms with E-state index < -0.39 is 0 Å². The van der Waals surface area contributed by atoms with Gasteiger partial charge in [0.05, 0.1) is 0 Å². The summed E-state index contributed by atoms with van der Waals surface area (Å²) in [5, 5.41) is 29.6.